The number of nitrogens with one attached hydrogen (secondary N) is 1. The number of alkyl carbamates (subject to hydrolysis) is 1. The Hall–Kier alpha value is -2.54. The molecule has 0 spiro atoms. The van der Waals surface area contributed by atoms with Crippen LogP contribution < -0.4 is 5.32 Å². The van der Waals surface area contributed by atoms with E-state index in [1.807, 2.05) is 18.2 Å². The molecule has 1 fully saturated rings. The minimum absolute atomic E-state index is 0.0526. The minimum Gasteiger partial charge on any atom is -0.445 e. The van der Waals surface area contributed by atoms with Gasteiger partial charge in [0.2, 0.25) is 0 Å². The Bertz CT molecular complexity index is 772. The van der Waals surface area contributed by atoms with Gasteiger partial charge in [0.05, 0.1) is 0 Å². The predicted molar refractivity (Wildman–Crippen MR) is 93.0 cm³/mol. The normalized spacial score (nSPS) is 24.7. The summed E-state index contributed by atoms with van der Waals surface area (Å²) in [6.07, 6.45) is -6.44. The molecular formula is C20H20F3NO3. The standard InChI is InChI=1S/C20H20F3NO3/c21-20(22,23)19(26)12-18(13-19,16-9-5-2-6-10-16)14-24-17(25)27-11-15-7-3-1-4-8-15/h1-10,26H,11-14H2,(H,24,25). The molecule has 0 aliphatic heterocycles. The molecule has 7 heteroatoms. The van der Waals surface area contributed by atoms with Crippen LogP contribution in [0.25, 0.3) is 0 Å². The maximum absolute atomic E-state index is 13.1. The van der Waals surface area contributed by atoms with E-state index in [1.54, 1.807) is 42.5 Å². The van der Waals surface area contributed by atoms with E-state index in [0.29, 0.717) is 5.56 Å². The van der Waals surface area contributed by atoms with Crippen LogP contribution in [-0.2, 0) is 16.8 Å². The fourth-order valence-corrected chi connectivity index (χ4v) is 3.51. The van der Waals surface area contributed by atoms with Crippen LogP contribution in [0.1, 0.15) is 24.0 Å². The number of amides is 1. The number of ether oxygens (including phenoxy) is 1. The fraction of sp³-hybridized carbons (Fsp3) is 0.350. The second kappa shape index (κ2) is 7.23. The van der Waals surface area contributed by atoms with E-state index >= 15 is 0 Å². The number of carbonyl (C=O) groups is 1. The molecule has 27 heavy (non-hydrogen) atoms. The first-order chi connectivity index (χ1) is 12.7. The van der Waals surface area contributed by atoms with Gasteiger partial charge >= 0.3 is 12.3 Å². The SMILES string of the molecule is O=C(NCC1(c2ccccc2)CC(O)(C(F)(F)F)C1)OCc1ccccc1. The van der Waals surface area contributed by atoms with E-state index in [4.69, 9.17) is 4.74 Å². The van der Waals surface area contributed by atoms with Crippen molar-refractivity contribution in [3.05, 3.63) is 71.8 Å². The number of hydrogen-bond donors (Lipinski definition) is 2. The molecule has 1 saturated carbocycles. The summed E-state index contributed by atoms with van der Waals surface area (Å²) in [6, 6.07) is 17.7. The van der Waals surface area contributed by atoms with Gasteiger partial charge in [-0.2, -0.15) is 13.2 Å². The van der Waals surface area contributed by atoms with Gasteiger partial charge in [0.25, 0.3) is 0 Å². The molecule has 1 aliphatic rings. The van der Waals surface area contributed by atoms with Crippen molar-refractivity contribution in [3.8, 4) is 0 Å². The van der Waals surface area contributed by atoms with Gasteiger partial charge in [-0.1, -0.05) is 60.7 Å². The van der Waals surface area contributed by atoms with Gasteiger partial charge in [0.15, 0.2) is 5.60 Å². The highest BCUT2D eigenvalue weighted by Gasteiger charge is 2.67. The third-order valence-electron chi connectivity index (χ3n) is 4.96. The largest absolute Gasteiger partial charge is 0.445 e. The molecule has 0 bridgehead atoms. The van der Waals surface area contributed by atoms with Gasteiger partial charge in [0.1, 0.15) is 6.61 Å². The van der Waals surface area contributed by atoms with E-state index in [-0.39, 0.29) is 13.2 Å². The Labute approximate surface area is 155 Å². The Morgan fingerprint density at radius 1 is 1.04 bits per heavy atom. The summed E-state index contributed by atoms with van der Waals surface area (Å²) >= 11 is 0. The van der Waals surface area contributed by atoms with Crippen LogP contribution in [0.15, 0.2) is 60.7 Å². The Morgan fingerprint density at radius 3 is 2.15 bits per heavy atom. The summed E-state index contributed by atoms with van der Waals surface area (Å²) in [6.45, 7) is 0.0144. The van der Waals surface area contributed by atoms with E-state index < -0.39 is 36.1 Å². The average Bonchev–Trinajstić information content (AvgIpc) is 2.63. The van der Waals surface area contributed by atoms with Crippen LogP contribution in [0.5, 0.6) is 0 Å². The number of carbonyl (C=O) groups excluding carboxylic acids is 1. The third-order valence-corrected chi connectivity index (χ3v) is 4.96. The lowest BCUT2D eigenvalue weighted by Gasteiger charge is -2.54. The number of alkyl halides is 3. The monoisotopic (exact) mass is 379 g/mol. The first-order valence-electron chi connectivity index (χ1n) is 8.53. The fourth-order valence-electron chi connectivity index (χ4n) is 3.51. The van der Waals surface area contributed by atoms with Gasteiger partial charge in [-0.15, -0.1) is 0 Å². The smallest absolute Gasteiger partial charge is 0.417 e. The first kappa shape index (κ1) is 19.2. The maximum Gasteiger partial charge on any atom is 0.417 e. The van der Waals surface area contributed by atoms with Gasteiger partial charge in [0, 0.05) is 12.0 Å². The topological polar surface area (TPSA) is 58.6 Å². The number of hydrogen-bond acceptors (Lipinski definition) is 3. The molecule has 0 heterocycles. The second-order valence-corrected chi connectivity index (χ2v) is 6.94. The molecule has 0 radical (unpaired) electrons. The van der Waals surface area contributed by atoms with Crippen molar-refractivity contribution in [3.63, 3.8) is 0 Å². The first-order valence-corrected chi connectivity index (χ1v) is 8.53. The molecular weight excluding hydrogens is 359 g/mol. The molecule has 4 nitrogen and oxygen atoms in total. The van der Waals surface area contributed by atoms with E-state index in [1.165, 1.54) is 0 Å². The van der Waals surface area contributed by atoms with Crippen molar-refractivity contribution in [2.24, 2.45) is 0 Å². The number of halogens is 3. The summed E-state index contributed by atoms with van der Waals surface area (Å²) < 4.78 is 44.4. The van der Waals surface area contributed by atoms with Crippen molar-refractivity contribution in [2.45, 2.75) is 36.6 Å². The highest BCUT2D eigenvalue weighted by Crippen LogP contribution is 2.56. The highest BCUT2D eigenvalue weighted by molar-refractivity contribution is 5.67. The number of benzene rings is 2. The average molecular weight is 379 g/mol. The zero-order chi connectivity index (χ0) is 19.5. The minimum atomic E-state index is -4.71. The number of rotatable bonds is 5. The van der Waals surface area contributed by atoms with Crippen LogP contribution in [0, 0.1) is 0 Å². The van der Waals surface area contributed by atoms with E-state index in [0.717, 1.165) is 5.56 Å². The third kappa shape index (κ3) is 4.08. The van der Waals surface area contributed by atoms with Crippen molar-refractivity contribution in [2.75, 3.05) is 6.54 Å². The zero-order valence-corrected chi connectivity index (χ0v) is 14.5. The van der Waals surface area contributed by atoms with Crippen LogP contribution >= 0.6 is 0 Å². The molecule has 0 aromatic heterocycles. The lowest BCUT2D eigenvalue weighted by Crippen LogP contribution is -2.65. The lowest BCUT2D eigenvalue weighted by molar-refractivity contribution is -0.303. The lowest BCUT2D eigenvalue weighted by atomic mass is 9.55. The predicted octanol–water partition coefficient (Wildman–Crippen LogP) is 3.94. The molecule has 3 rings (SSSR count). The number of aliphatic hydroxyl groups is 1. The summed E-state index contributed by atoms with van der Waals surface area (Å²) in [5.74, 6) is 0. The molecule has 2 aromatic rings. The van der Waals surface area contributed by atoms with Gasteiger partial charge in [-0.05, 0) is 24.0 Å². The van der Waals surface area contributed by atoms with Crippen molar-refractivity contribution in [1.29, 1.82) is 0 Å². The molecule has 0 unspecified atom stereocenters. The maximum atomic E-state index is 13.1. The van der Waals surface area contributed by atoms with Crippen molar-refractivity contribution >= 4 is 6.09 Å². The molecule has 0 saturated heterocycles. The molecule has 1 aliphatic carbocycles. The van der Waals surface area contributed by atoms with Crippen LogP contribution in [-0.4, -0.2) is 29.5 Å². The van der Waals surface area contributed by atoms with Crippen LogP contribution in [0.2, 0.25) is 0 Å². The van der Waals surface area contributed by atoms with Crippen molar-refractivity contribution in [1.82, 2.24) is 5.32 Å². The Morgan fingerprint density at radius 2 is 1.59 bits per heavy atom. The van der Waals surface area contributed by atoms with Crippen LogP contribution in [0.3, 0.4) is 0 Å². The van der Waals surface area contributed by atoms with E-state index in [9.17, 15) is 23.1 Å². The zero-order valence-electron chi connectivity index (χ0n) is 14.5. The molecule has 144 valence electrons. The molecule has 0 atom stereocenters. The Balaban J connectivity index is 1.64. The molecule has 2 N–H and O–H groups in total. The quantitative estimate of drug-likeness (QED) is 0.827. The summed E-state index contributed by atoms with van der Waals surface area (Å²) in [5, 5.41) is 12.4. The highest BCUT2D eigenvalue weighted by atomic mass is 19.4. The Kier molecular flexibility index (Phi) is 5.15. The van der Waals surface area contributed by atoms with E-state index in [2.05, 4.69) is 5.32 Å². The summed E-state index contributed by atoms with van der Waals surface area (Å²) in [7, 11) is 0. The van der Waals surface area contributed by atoms with Gasteiger partial charge in [-0.3, -0.25) is 0 Å². The van der Waals surface area contributed by atoms with Gasteiger partial charge < -0.3 is 15.2 Å². The van der Waals surface area contributed by atoms with Crippen LogP contribution in [0.4, 0.5) is 18.0 Å². The summed E-state index contributed by atoms with van der Waals surface area (Å²) in [4.78, 5) is 12.0. The van der Waals surface area contributed by atoms with Gasteiger partial charge in [-0.25, -0.2) is 4.79 Å². The second-order valence-electron chi connectivity index (χ2n) is 6.94. The molecule has 1 amide bonds. The van der Waals surface area contributed by atoms with Crippen molar-refractivity contribution < 1.29 is 27.8 Å². The molecule has 2 aromatic carbocycles. The summed E-state index contributed by atoms with van der Waals surface area (Å²) in [5.41, 5.74) is -2.28.